The number of benzene rings is 2. The molecule has 2 N–H and O–H groups in total. The number of aromatic nitrogens is 2. The summed E-state index contributed by atoms with van der Waals surface area (Å²) >= 11 is 0.753. The van der Waals surface area contributed by atoms with E-state index in [1.165, 1.54) is 30.3 Å². The van der Waals surface area contributed by atoms with Crippen molar-refractivity contribution in [2.24, 2.45) is 0 Å². The Hall–Kier alpha value is -4.06. The van der Waals surface area contributed by atoms with Crippen LogP contribution in [0.3, 0.4) is 0 Å². The van der Waals surface area contributed by atoms with Gasteiger partial charge in [0, 0.05) is 25.9 Å². The molecule has 4 rings (SSSR count). The number of hydrogen-bond donors (Lipinski definition) is 2. The first-order chi connectivity index (χ1) is 17.3. The van der Waals surface area contributed by atoms with Crippen molar-refractivity contribution in [3.8, 4) is 5.75 Å². The molecule has 3 amide bonds. The van der Waals surface area contributed by atoms with E-state index in [1.807, 2.05) is 0 Å². The number of fused-ring (bicyclic) bond motifs is 1. The Labute approximate surface area is 207 Å². The van der Waals surface area contributed by atoms with Gasteiger partial charge in [0.25, 0.3) is 16.7 Å². The Kier molecular flexibility index (Phi) is 7.74. The van der Waals surface area contributed by atoms with E-state index in [0.29, 0.717) is 22.3 Å². The number of nitrogens with one attached hydrogen (secondary N) is 2. The molecule has 0 spiro atoms. The lowest BCUT2D eigenvalue weighted by atomic mass is 10.2. The summed E-state index contributed by atoms with van der Waals surface area (Å²) in [5, 5.41) is 2.64. The maximum absolute atomic E-state index is 12.6. The van der Waals surface area contributed by atoms with E-state index in [9.17, 15) is 28.0 Å². The molecule has 36 heavy (non-hydrogen) atoms. The molecule has 1 aliphatic rings. The van der Waals surface area contributed by atoms with Crippen molar-refractivity contribution in [2.45, 2.75) is 19.5 Å². The zero-order valence-corrected chi connectivity index (χ0v) is 19.5. The lowest BCUT2D eigenvalue weighted by molar-refractivity contribution is -0.124. The fraction of sp³-hybridized carbons (Fsp3) is 0.208. The van der Waals surface area contributed by atoms with Gasteiger partial charge in [-0.3, -0.25) is 24.1 Å². The molecule has 0 unspecified atom stereocenters. The van der Waals surface area contributed by atoms with Gasteiger partial charge in [-0.25, -0.2) is 4.98 Å². The molecule has 1 aromatic heterocycles. The summed E-state index contributed by atoms with van der Waals surface area (Å²) in [4.78, 5) is 57.4. The van der Waals surface area contributed by atoms with Crippen LogP contribution in [-0.4, -0.2) is 51.6 Å². The minimum absolute atomic E-state index is 0.0139. The average molecular weight is 515 g/mol. The Morgan fingerprint density at radius 3 is 2.64 bits per heavy atom. The van der Waals surface area contributed by atoms with Crippen LogP contribution in [0.2, 0.25) is 0 Å². The number of H-pyrrole nitrogens is 1. The number of para-hydroxylation sites is 1. The molecule has 2 aromatic carbocycles. The van der Waals surface area contributed by atoms with Crippen LogP contribution in [0.1, 0.15) is 17.8 Å². The van der Waals surface area contributed by atoms with Gasteiger partial charge in [-0.2, -0.15) is 8.78 Å². The molecule has 0 atom stereocenters. The van der Waals surface area contributed by atoms with E-state index < -0.39 is 17.8 Å². The van der Waals surface area contributed by atoms with Crippen LogP contribution in [0.15, 0.2) is 58.2 Å². The molecule has 0 radical (unpaired) electrons. The average Bonchev–Trinajstić information content (AvgIpc) is 3.11. The summed E-state index contributed by atoms with van der Waals surface area (Å²) in [6.45, 7) is -2.89. The molecule has 0 bridgehead atoms. The van der Waals surface area contributed by atoms with E-state index in [-0.39, 0.29) is 48.1 Å². The smallest absolute Gasteiger partial charge is 0.387 e. The quantitative estimate of drug-likeness (QED) is 0.420. The van der Waals surface area contributed by atoms with Crippen molar-refractivity contribution in [3.05, 3.63) is 75.2 Å². The van der Waals surface area contributed by atoms with Crippen LogP contribution in [0.25, 0.3) is 17.0 Å². The summed E-state index contributed by atoms with van der Waals surface area (Å²) in [6, 6.07) is 12.5. The number of aromatic amines is 1. The molecule has 1 saturated heterocycles. The van der Waals surface area contributed by atoms with Crippen molar-refractivity contribution < 1.29 is 27.9 Å². The van der Waals surface area contributed by atoms with Gasteiger partial charge in [0.1, 0.15) is 11.6 Å². The fourth-order valence-electron chi connectivity index (χ4n) is 3.47. The number of rotatable bonds is 9. The van der Waals surface area contributed by atoms with Gasteiger partial charge in [0.15, 0.2) is 0 Å². The predicted molar refractivity (Wildman–Crippen MR) is 129 cm³/mol. The van der Waals surface area contributed by atoms with Gasteiger partial charge >= 0.3 is 6.61 Å². The van der Waals surface area contributed by atoms with Crippen LogP contribution in [0.5, 0.6) is 5.75 Å². The first kappa shape index (κ1) is 25.0. The topological polar surface area (TPSA) is 121 Å². The van der Waals surface area contributed by atoms with Crippen LogP contribution in [0.4, 0.5) is 13.6 Å². The van der Waals surface area contributed by atoms with Crippen LogP contribution in [-0.2, 0) is 16.0 Å². The zero-order valence-electron chi connectivity index (χ0n) is 18.7. The molecule has 0 aliphatic carbocycles. The second kappa shape index (κ2) is 11.1. The summed E-state index contributed by atoms with van der Waals surface area (Å²) < 4.78 is 28.8. The molecule has 1 fully saturated rings. The Balaban J connectivity index is 1.27. The lowest BCUT2D eigenvalue weighted by Crippen LogP contribution is -2.37. The molecule has 12 heteroatoms. The van der Waals surface area contributed by atoms with Crippen molar-refractivity contribution in [1.29, 1.82) is 0 Å². The lowest BCUT2D eigenvalue weighted by Gasteiger charge is -2.13. The third kappa shape index (κ3) is 6.13. The number of aryl methyl sites for hydroxylation is 1. The molecule has 0 saturated carbocycles. The van der Waals surface area contributed by atoms with Gasteiger partial charge in [-0.1, -0.05) is 24.3 Å². The minimum Gasteiger partial charge on any atom is -0.435 e. The van der Waals surface area contributed by atoms with E-state index in [4.69, 9.17) is 0 Å². The van der Waals surface area contributed by atoms with Crippen molar-refractivity contribution in [1.82, 2.24) is 20.2 Å². The molecule has 1 aliphatic heterocycles. The van der Waals surface area contributed by atoms with Gasteiger partial charge in [-0.05, 0) is 47.7 Å². The number of ether oxygens (including phenoxy) is 1. The molecule has 186 valence electrons. The first-order valence-corrected chi connectivity index (χ1v) is 11.7. The number of nitrogens with zero attached hydrogens (tertiary/aromatic N) is 2. The first-order valence-electron chi connectivity index (χ1n) is 10.8. The highest BCUT2D eigenvalue weighted by Gasteiger charge is 2.34. The number of thioether (sulfide) groups is 1. The second-order valence-electron chi connectivity index (χ2n) is 7.66. The van der Waals surface area contributed by atoms with Crippen molar-refractivity contribution in [3.63, 3.8) is 0 Å². The van der Waals surface area contributed by atoms with Gasteiger partial charge < -0.3 is 15.0 Å². The third-order valence-corrected chi connectivity index (χ3v) is 6.09. The number of hydrogen-bond acceptors (Lipinski definition) is 7. The molecular weight excluding hydrogens is 494 g/mol. The molecule has 9 nitrogen and oxygen atoms in total. The molecular formula is C24H20F2N4O5S. The summed E-state index contributed by atoms with van der Waals surface area (Å²) in [7, 11) is 0. The zero-order chi connectivity index (χ0) is 25.7. The van der Waals surface area contributed by atoms with E-state index in [2.05, 4.69) is 20.0 Å². The van der Waals surface area contributed by atoms with E-state index >= 15 is 0 Å². The highest BCUT2D eigenvalue weighted by atomic mass is 32.2. The van der Waals surface area contributed by atoms with E-state index in [1.54, 1.807) is 24.3 Å². The van der Waals surface area contributed by atoms with Gasteiger partial charge in [-0.15, -0.1) is 0 Å². The number of carbonyl (C=O) groups excluding carboxylic acids is 3. The number of amides is 3. The third-order valence-electron chi connectivity index (χ3n) is 5.18. The molecule has 3 aromatic rings. The minimum atomic E-state index is -2.94. The summed E-state index contributed by atoms with van der Waals surface area (Å²) in [6.07, 6.45) is 1.76. The Morgan fingerprint density at radius 1 is 1.14 bits per heavy atom. The highest BCUT2D eigenvalue weighted by molar-refractivity contribution is 8.18. The fourth-order valence-corrected chi connectivity index (χ4v) is 4.34. The normalized spacial score (nSPS) is 14.8. The maximum Gasteiger partial charge on any atom is 0.387 e. The van der Waals surface area contributed by atoms with Gasteiger partial charge in [0.05, 0.1) is 15.8 Å². The van der Waals surface area contributed by atoms with Crippen molar-refractivity contribution >= 4 is 45.8 Å². The number of carbonyl (C=O) groups is 3. The van der Waals surface area contributed by atoms with Crippen molar-refractivity contribution in [2.75, 3.05) is 13.1 Å². The second-order valence-corrected chi connectivity index (χ2v) is 8.65. The Bertz CT molecular complexity index is 1390. The highest BCUT2D eigenvalue weighted by Crippen LogP contribution is 2.32. The maximum atomic E-state index is 12.6. The van der Waals surface area contributed by atoms with Crippen LogP contribution >= 0.6 is 11.8 Å². The summed E-state index contributed by atoms with van der Waals surface area (Å²) in [5.41, 5.74) is 0.804. The summed E-state index contributed by atoms with van der Waals surface area (Å²) in [5.74, 6) is -0.461. The SMILES string of the molecule is O=C(CCc1nc2ccccc2c(=O)[nH]1)NCCN1C(=O)S/C(=C\c2ccc(OC(F)F)cc2)C1=O. The monoisotopic (exact) mass is 514 g/mol. The number of halogens is 2. The largest absolute Gasteiger partial charge is 0.435 e. The van der Waals surface area contributed by atoms with Crippen LogP contribution in [0, 0.1) is 0 Å². The number of alkyl halides is 2. The number of imide groups is 1. The van der Waals surface area contributed by atoms with Gasteiger partial charge in [0.2, 0.25) is 5.91 Å². The van der Waals surface area contributed by atoms with Crippen LogP contribution < -0.4 is 15.6 Å². The Morgan fingerprint density at radius 2 is 1.89 bits per heavy atom. The molecule has 2 heterocycles. The predicted octanol–water partition coefficient (Wildman–Crippen LogP) is 3.31. The standard InChI is InChI=1S/C24H20F2N4O5S/c25-23(26)35-15-7-5-14(6-8-15)13-18-22(33)30(24(34)36-18)12-11-27-20(31)10-9-19-28-17-4-2-1-3-16(17)21(32)29-19/h1-8,13,23H,9-12H2,(H,27,31)(H,28,29,32)/b18-13-. The van der Waals surface area contributed by atoms with E-state index in [0.717, 1.165) is 16.7 Å².